The Bertz CT molecular complexity index is 968. The van der Waals surface area contributed by atoms with Crippen molar-refractivity contribution in [1.82, 2.24) is 4.31 Å². The number of ether oxygens (including phenoxy) is 1. The number of carbonyl (C=O) groups excluding carboxylic acids is 2. The summed E-state index contributed by atoms with van der Waals surface area (Å²) in [6, 6.07) is 15.9. The lowest BCUT2D eigenvalue weighted by molar-refractivity contribution is -0.917. The SMILES string of the molecule is CC(=O)COC(=O)c1cccc(S(=O)(=O)N2CC[NH+](Cc3ccccc3)CC2)c1. The zero-order valence-corrected chi connectivity index (χ0v) is 17.2. The molecule has 29 heavy (non-hydrogen) atoms. The van der Waals surface area contributed by atoms with Gasteiger partial charge in [-0.1, -0.05) is 36.4 Å². The summed E-state index contributed by atoms with van der Waals surface area (Å²) in [5, 5.41) is 0. The van der Waals surface area contributed by atoms with Crippen molar-refractivity contribution < 1.29 is 27.6 Å². The predicted molar refractivity (Wildman–Crippen MR) is 107 cm³/mol. The fourth-order valence-corrected chi connectivity index (χ4v) is 4.78. The van der Waals surface area contributed by atoms with E-state index in [0.717, 1.165) is 6.54 Å². The number of hydrogen-bond acceptors (Lipinski definition) is 5. The second-order valence-corrected chi connectivity index (χ2v) is 9.06. The van der Waals surface area contributed by atoms with Crippen molar-refractivity contribution in [1.29, 1.82) is 0 Å². The smallest absolute Gasteiger partial charge is 0.338 e. The fraction of sp³-hybridized carbons (Fsp3) is 0.333. The second kappa shape index (κ2) is 9.30. The minimum Gasteiger partial charge on any atom is -0.454 e. The standard InChI is InChI=1S/C21H24N2O5S/c1-17(24)16-28-21(25)19-8-5-9-20(14-19)29(26,27)23-12-10-22(11-13-23)15-18-6-3-2-4-7-18/h2-9,14H,10-13,15-16H2,1H3/p+1. The van der Waals surface area contributed by atoms with Crippen LogP contribution in [0.5, 0.6) is 0 Å². The molecule has 3 rings (SSSR count). The van der Waals surface area contributed by atoms with E-state index in [9.17, 15) is 18.0 Å². The molecule has 0 atom stereocenters. The van der Waals surface area contributed by atoms with Gasteiger partial charge in [-0.2, -0.15) is 4.31 Å². The Morgan fingerprint density at radius 1 is 1.03 bits per heavy atom. The number of quaternary nitrogens is 1. The van der Waals surface area contributed by atoms with Gasteiger partial charge in [-0.25, -0.2) is 13.2 Å². The fourth-order valence-electron chi connectivity index (χ4n) is 3.29. The van der Waals surface area contributed by atoms with Crippen LogP contribution < -0.4 is 4.90 Å². The number of carbonyl (C=O) groups is 2. The molecule has 0 saturated carbocycles. The zero-order valence-electron chi connectivity index (χ0n) is 16.3. The lowest BCUT2D eigenvalue weighted by atomic mass is 10.2. The topological polar surface area (TPSA) is 85.2 Å². The lowest BCUT2D eigenvalue weighted by Gasteiger charge is -2.31. The molecular weight excluding hydrogens is 392 g/mol. The van der Waals surface area contributed by atoms with Crippen LogP contribution in [0.15, 0.2) is 59.5 Å². The number of benzene rings is 2. The van der Waals surface area contributed by atoms with Gasteiger partial charge in [0, 0.05) is 5.56 Å². The molecule has 1 saturated heterocycles. The van der Waals surface area contributed by atoms with Gasteiger partial charge >= 0.3 is 5.97 Å². The largest absolute Gasteiger partial charge is 0.454 e. The number of piperazine rings is 1. The Labute approximate surface area is 170 Å². The van der Waals surface area contributed by atoms with E-state index in [4.69, 9.17) is 4.74 Å². The quantitative estimate of drug-likeness (QED) is 0.664. The van der Waals surface area contributed by atoms with Crippen molar-refractivity contribution >= 4 is 21.8 Å². The average molecular weight is 418 g/mol. The summed E-state index contributed by atoms with van der Waals surface area (Å²) in [6.45, 7) is 4.12. The molecular formula is C21H25N2O5S+. The third kappa shape index (κ3) is 5.50. The molecule has 1 heterocycles. The molecule has 0 amide bonds. The van der Waals surface area contributed by atoms with Crippen LogP contribution in [0.3, 0.4) is 0 Å². The molecule has 154 valence electrons. The summed E-state index contributed by atoms with van der Waals surface area (Å²) in [5.41, 5.74) is 1.34. The molecule has 0 aromatic heterocycles. The number of nitrogens with one attached hydrogen (secondary N) is 1. The van der Waals surface area contributed by atoms with Crippen molar-refractivity contribution in [2.24, 2.45) is 0 Å². The summed E-state index contributed by atoms with van der Waals surface area (Å²) in [5.74, 6) is -0.993. The summed E-state index contributed by atoms with van der Waals surface area (Å²) in [4.78, 5) is 24.4. The first-order chi connectivity index (χ1) is 13.9. The normalized spacial score (nSPS) is 15.8. The first-order valence-electron chi connectivity index (χ1n) is 9.50. The maximum Gasteiger partial charge on any atom is 0.338 e. The van der Waals surface area contributed by atoms with Gasteiger partial charge < -0.3 is 9.64 Å². The molecule has 0 spiro atoms. The van der Waals surface area contributed by atoms with Crippen LogP contribution in [0.25, 0.3) is 0 Å². The van der Waals surface area contributed by atoms with E-state index < -0.39 is 16.0 Å². The van der Waals surface area contributed by atoms with Crippen molar-refractivity contribution in [3.05, 3.63) is 65.7 Å². The Balaban J connectivity index is 1.64. The minimum atomic E-state index is -3.70. The van der Waals surface area contributed by atoms with Gasteiger partial charge in [0.05, 0.1) is 36.6 Å². The van der Waals surface area contributed by atoms with Crippen LogP contribution in [0, 0.1) is 0 Å². The minimum absolute atomic E-state index is 0.0567. The van der Waals surface area contributed by atoms with E-state index >= 15 is 0 Å². The molecule has 1 N–H and O–H groups in total. The first kappa shape index (κ1) is 21.2. The number of esters is 1. The van der Waals surface area contributed by atoms with Gasteiger partial charge in [-0.15, -0.1) is 0 Å². The van der Waals surface area contributed by atoms with Crippen LogP contribution >= 0.6 is 0 Å². The highest BCUT2D eigenvalue weighted by atomic mass is 32.2. The predicted octanol–water partition coefficient (Wildman–Crippen LogP) is 0.522. The molecule has 0 radical (unpaired) electrons. The van der Waals surface area contributed by atoms with Crippen LogP contribution in [-0.2, 0) is 26.1 Å². The third-order valence-electron chi connectivity index (χ3n) is 4.84. The molecule has 2 aromatic rings. The number of ketones is 1. The summed E-state index contributed by atoms with van der Waals surface area (Å²) in [6.07, 6.45) is 0. The van der Waals surface area contributed by atoms with Gasteiger partial charge in [0.1, 0.15) is 13.2 Å². The molecule has 0 bridgehead atoms. The van der Waals surface area contributed by atoms with Crippen molar-refractivity contribution in [3.8, 4) is 0 Å². The molecule has 2 aromatic carbocycles. The first-order valence-corrected chi connectivity index (χ1v) is 10.9. The van der Waals surface area contributed by atoms with E-state index in [0.29, 0.717) is 26.2 Å². The number of sulfonamides is 1. The maximum absolute atomic E-state index is 13.0. The van der Waals surface area contributed by atoms with Crippen LogP contribution in [0.4, 0.5) is 0 Å². The number of nitrogens with zero attached hydrogens (tertiary/aromatic N) is 1. The molecule has 7 nitrogen and oxygen atoms in total. The van der Waals surface area contributed by atoms with Gasteiger partial charge in [0.2, 0.25) is 10.0 Å². The van der Waals surface area contributed by atoms with E-state index in [1.807, 2.05) is 18.2 Å². The molecule has 1 aliphatic heterocycles. The Morgan fingerprint density at radius 3 is 2.38 bits per heavy atom. The number of Topliss-reactive ketones (excluding diaryl/α,β-unsaturated/α-hetero) is 1. The highest BCUT2D eigenvalue weighted by molar-refractivity contribution is 7.89. The van der Waals surface area contributed by atoms with Gasteiger partial charge in [-0.3, -0.25) is 4.79 Å². The second-order valence-electron chi connectivity index (χ2n) is 7.12. The van der Waals surface area contributed by atoms with E-state index in [-0.39, 0.29) is 22.8 Å². The monoisotopic (exact) mass is 417 g/mol. The number of rotatable bonds is 7. The van der Waals surface area contributed by atoms with Crippen LogP contribution in [0.2, 0.25) is 0 Å². The van der Waals surface area contributed by atoms with Crippen molar-refractivity contribution in [3.63, 3.8) is 0 Å². The lowest BCUT2D eigenvalue weighted by Crippen LogP contribution is -3.13. The summed E-state index contributed by atoms with van der Waals surface area (Å²) >= 11 is 0. The van der Waals surface area contributed by atoms with Crippen molar-refractivity contribution in [2.75, 3.05) is 32.8 Å². The maximum atomic E-state index is 13.0. The Kier molecular flexibility index (Phi) is 6.79. The molecule has 1 aliphatic rings. The molecule has 0 unspecified atom stereocenters. The summed E-state index contributed by atoms with van der Waals surface area (Å²) < 4.78 is 32.3. The zero-order chi connectivity index (χ0) is 20.9. The third-order valence-corrected chi connectivity index (χ3v) is 6.74. The average Bonchev–Trinajstić information content (AvgIpc) is 2.73. The van der Waals surface area contributed by atoms with E-state index in [2.05, 4.69) is 12.1 Å². The highest BCUT2D eigenvalue weighted by Gasteiger charge is 2.30. The number of hydrogen-bond donors (Lipinski definition) is 1. The Morgan fingerprint density at radius 2 is 1.72 bits per heavy atom. The highest BCUT2D eigenvalue weighted by Crippen LogP contribution is 2.18. The van der Waals surface area contributed by atoms with Gasteiger partial charge in [0.25, 0.3) is 0 Å². The molecule has 8 heteroatoms. The van der Waals surface area contributed by atoms with Gasteiger partial charge in [-0.05, 0) is 25.1 Å². The van der Waals surface area contributed by atoms with Gasteiger partial charge in [0.15, 0.2) is 5.78 Å². The van der Waals surface area contributed by atoms with E-state index in [1.54, 1.807) is 0 Å². The van der Waals surface area contributed by atoms with Crippen LogP contribution in [0.1, 0.15) is 22.8 Å². The van der Waals surface area contributed by atoms with E-state index in [1.165, 1.54) is 46.0 Å². The van der Waals surface area contributed by atoms with Crippen LogP contribution in [-0.4, -0.2) is 57.3 Å². The Hall–Kier alpha value is -2.55. The summed E-state index contributed by atoms with van der Waals surface area (Å²) in [7, 11) is -3.70. The molecule has 1 fully saturated rings. The molecule has 0 aliphatic carbocycles. The van der Waals surface area contributed by atoms with Crippen molar-refractivity contribution in [2.45, 2.75) is 18.4 Å².